The Kier molecular flexibility index (Phi) is 7.64. The van der Waals surface area contributed by atoms with E-state index in [2.05, 4.69) is 0 Å². The maximum Gasteiger partial charge on any atom is 0.324 e. The fourth-order valence-electron chi connectivity index (χ4n) is 3.20. The average molecular weight is 400 g/mol. The maximum absolute atomic E-state index is 13.2. The van der Waals surface area contributed by atoms with Gasteiger partial charge in [0.05, 0.1) is 13.7 Å². The summed E-state index contributed by atoms with van der Waals surface area (Å²) < 4.78 is 38.2. The van der Waals surface area contributed by atoms with E-state index in [-0.39, 0.29) is 24.0 Å². The molecule has 0 radical (unpaired) electrons. The van der Waals surface area contributed by atoms with Crippen LogP contribution in [-0.2, 0) is 19.6 Å². The van der Waals surface area contributed by atoms with Gasteiger partial charge in [0.1, 0.15) is 16.7 Å². The highest BCUT2D eigenvalue weighted by Gasteiger charge is 2.41. The number of ether oxygens (including phenoxy) is 2. The van der Waals surface area contributed by atoms with E-state index in [1.54, 1.807) is 12.1 Å². The molecule has 7 nitrogen and oxygen atoms in total. The van der Waals surface area contributed by atoms with Crippen molar-refractivity contribution in [2.24, 2.45) is 5.92 Å². The highest BCUT2D eigenvalue weighted by molar-refractivity contribution is 7.89. The highest BCUT2D eigenvalue weighted by atomic mass is 32.2. The molecule has 0 aliphatic carbocycles. The van der Waals surface area contributed by atoms with Gasteiger partial charge in [-0.15, -0.1) is 0 Å². The Morgan fingerprint density at radius 2 is 2.11 bits per heavy atom. The topological polar surface area (TPSA) is 93.1 Å². The number of carbonyl (C=O) groups is 1. The van der Waals surface area contributed by atoms with Gasteiger partial charge in [-0.1, -0.05) is 13.0 Å². The zero-order chi connectivity index (χ0) is 20.0. The number of rotatable bonds is 9. The minimum atomic E-state index is -3.88. The molecule has 27 heavy (non-hydrogen) atoms. The van der Waals surface area contributed by atoms with E-state index >= 15 is 0 Å². The van der Waals surface area contributed by atoms with Crippen LogP contribution in [0.15, 0.2) is 23.1 Å². The van der Waals surface area contributed by atoms with Crippen LogP contribution in [0.4, 0.5) is 0 Å². The van der Waals surface area contributed by atoms with E-state index in [0.717, 1.165) is 5.56 Å². The van der Waals surface area contributed by atoms with Gasteiger partial charge < -0.3 is 14.6 Å². The summed E-state index contributed by atoms with van der Waals surface area (Å²) >= 11 is 0. The van der Waals surface area contributed by atoms with Crippen LogP contribution in [0.2, 0.25) is 0 Å². The van der Waals surface area contributed by atoms with Gasteiger partial charge in [0.2, 0.25) is 10.0 Å². The number of aliphatic hydroxyl groups is 1. The predicted octanol–water partition coefficient (Wildman–Crippen LogP) is 2.11. The van der Waals surface area contributed by atoms with Gasteiger partial charge in [-0.2, -0.15) is 4.31 Å². The molecule has 1 saturated heterocycles. The van der Waals surface area contributed by atoms with E-state index in [0.29, 0.717) is 38.0 Å². The van der Waals surface area contributed by atoms with Crippen LogP contribution in [0.25, 0.3) is 0 Å². The smallest absolute Gasteiger partial charge is 0.324 e. The lowest BCUT2D eigenvalue weighted by atomic mass is 10.1. The summed E-state index contributed by atoms with van der Waals surface area (Å²) in [5.74, 6) is 0.0346. The van der Waals surface area contributed by atoms with Gasteiger partial charge >= 0.3 is 5.97 Å². The van der Waals surface area contributed by atoms with Crippen LogP contribution in [0.3, 0.4) is 0 Å². The Morgan fingerprint density at radius 3 is 2.78 bits per heavy atom. The van der Waals surface area contributed by atoms with Crippen molar-refractivity contribution in [3.05, 3.63) is 23.8 Å². The molecule has 0 aromatic heterocycles. The molecule has 1 fully saturated rings. The molecule has 1 aliphatic rings. The van der Waals surface area contributed by atoms with Gasteiger partial charge in [-0.05, 0) is 56.2 Å². The molecule has 2 atom stereocenters. The van der Waals surface area contributed by atoms with Crippen molar-refractivity contribution < 1.29 is 27.8 Å². The summed E-state index contributed by atoms with van der Waals surface area (Å²) in [4.78, 5) is 12.0. The second kappa shape index (κ2) is 9.52. The lowest BCUT2D eigenvalue weighted by molar-refractivity contribution is -0.144. The van der Waals surface area contributed by atoms with Gasteiger partial charge in [0.25, 0.3) is 0 Å². The van der Waals surface area contributed by atoms with Gasteiger partial charge in [0, 0.05) is 13.2 Å². The number of methoxy groups -OCH3 is 1. The van der Waals surface area contributed by atoms with Gasteiger partial charge in [-0.3, -0.25) is 4.79 Å². The lowest BCUT2D eigenvalue weighted by Crippen LogP contribution is -2.41. The van der Waals surface area contributed by atoms with Crippen molar-refractivity contribution in [2.45, 2.75) is 50.5 Å². The lowest BCUT2D eigenvalue weighted by Gasteiger charge is -2.23. The van der Waals surface area contributed by atoms with Crippen molar-refractivity contribution in [3.63, 3.8) is 0 Å². The van der Waals surface area contributed by atoms with Crippen molar-refractivity contribution in [1.82, 2.24) is 4.31 Å². The summed E-state index contributed by atoms with van der Waals surface area (Å²) in [6, 6.07) is 4.16. The third-order valence-corrected chi connectivity index (χ3v) is 6.80. The van der Waals surface area contributed by atoms with E-state index in [4.69, 9.17) is 14.6 Å². The number of aliphatic hydroxyl groups excluding tert-OH is 1. The molecule has 0 bridgehead atoms. The van der Waals surface area contributed by atoms with Crippen molar-refractivity contribution in [1.29, 1.82) is 0 Å². The number of nitrogens with zero attached hydrogens (tertiary/aromatic N) is 1. The molecule has 1 aromatic carbocycles. The number of sulfonamides is 1. The molecular formula is C19H29NO6S. The fraction of sp³-hybridized carbons (Fsp3) is 0.632. The highest BCUT2D eigenvalue weighted by Crippen LogP contribution is 2.33. The van der Waals surface area contributed by atoms with E-state index in [1.807, 2.05) is 13.8 Å². The average Bonchev–Trinajstić information content (AvgIpc) is 3.12. The van der Waals surface area contributed by atoms with E-state index < -0.39 is 22.0 Å². The van der Waals surface area contributed by atoms with Crippen LogP contribution < -0.4 is 4.74 Å². The Balaban J connectivity index is 2.24. The standard InChI is InChI=1S/C19H29NO6S/c1-14(8-11-21)9-12-26-17-13-15(2)6-7-18(17)27(23,24)20-10-4-5-16(20)19(22)25-3/h6-7,13-14,16,21H,4-5,8-12H2,1-3H3/t14-,16+/m1/s1. The second-order valence-electron chi connectivity index (χ2n) is 7.00. The van der Waals surface area contributed by atoms with Crippen LogP contribution in [0.5, 0.6) is 5.75 Å². The quantitative estimate of drug-likeness (QED) is 0.639. The molecule has 1 N–H and O–H groups in total. The summed E-state index contributed by atoms with van der Waals surface area (Å²) in [5.41, 5.74) is 0.887. The first-order valence-electron chi connectivity index (χ1n) is 9.25. The van der Waals surface area contributed by atoms with Crippen molar-refractivity contribution in [3.8, 4) is 5.75 Å². The third kappa shape index (κ3) is 5.21. The number of hydrogen-bond donors (Lipinski definition) is 1. The van der Waals surface area contributed by atoms with Crippen LogP contribution in [0.1, 0.15) is 38.2 Å². The number of carbonyl (C=O) groups excluding carboxylic acids is 1. The van der Waals surface area contributed by atoms with Crippen LogP contribution in [0, 0.1) is 12.8 Å². The Morgan fingerprint density at radius 1 is 1.37 bits per heavy atom. The van der Waals surface area contributed by atoms with Gasteiger partial charge in [-0.25, -0.2) is 8.42 Å². The normalized spacial score (nSPS) is 19.0. The zero-order valence-corrected chi connectivity index (χ0v) is 17.0. The number of hydrogen-bond acceptors (Lipinski definition) is 6. The van der Waals surface area contributed by atoms with Crippen LogP contribution >= 0.6 is 0 Å². The van der Waals surface area contributed by atoms with Gasteiger partial charge in [0.15, 0.2) is 0 Å². The summed E-state index contributed by atoms with van der Waals surface area (Å²) in [5, 5.41) is 8.99. The molecule has 0 spiro atoms. The SMILES string of the molecule is COC(=O)[C@@H]1CCCN1S(=O)(=O)c1ccc(C)cc1OCC[C@H](C)CCO. The second-order valence-corrected chi connectivity index (χ2v) is 8.86. The summed E-state index contributed by atoms with van der Waals surface area (Å²) in [6.45, 7) is 4.63. The molecule has 2 rings (SSSR count). The minimum Gasteiger partial charge on any atom is -0.492 e. The number of aryl methyl sites for hydroxylation is 1. The summed E-state index contributed by atoms with van der Waals surface area (Å²) in [6.07, 6.45) is 2.45. The molecule has 1 aromatic rings. The molecule has 152 valence electrons. The Hall–Kier alpha value is -1.64. The monoisotopic (exact) mass is 399 g/mol. The number of esters is 1. The predicted molar refractivity (Wildman–Crippen MR) is 101 cm³/mol. The Bertz CT molecular complexity index is 749. The molecule has 1 aliphatic heterocycles. The zero-order valence-electron chi connectivity index (χ0n) is 16.2. The third-order valence-electron chi connectivity index (χ3n) is 4.85. The minimum absolute atomic E-state index is 0.0683. The molecule has 1 heterocycles. The van der Waals surface area contributed by atoms with Crippen LogP contribution in [-0.4, -0.2) is 56.7 Å². The first-order valence-corrected chi connectivity index (χ1v) is 10.7. The van der Waals surface area contributed by atoms with E-state index in [9.17, 15) is 13.2 Å². The summed E-state index contributed by atoms with van der Waals surface area (Å²) in [7, 11) is -2.62. The molecule has 0 amide bonds. The van der Waals surface area contributed by atoms with Crippen molar-refractivity contribution in [2.75, 3.05) is 26.9 Å². The molecule has 0 saturated carbocycles. The van der Waals surface area contributed by atoms with Crippen molar-refractivity contribution >= 4 is 16.0 Å². The first kappa shape index (κ1) is 21.7. The molecule has 8 heteroatoms. The first-order chi connectivity index (χ1) is 12.8. The van der Waals surface area contributed by atoms with E-state index in [1.165, 1.54) is 17.5 Å². The number of benzene rings is 1. The Labute approximate surface area is 161 Å². The molecule has 0 unspecified atom stereocenters. The fourth-order valence-corrected chi connectivity index (χ4v) is 4.96. The molecular weight excluding hydrogens is 370 g/mol. The maximum atomic E-state index is 13.2. The largest absolute Gasteiger partial charge is 0.492 e.